The summed E-state index contributed by atoms with van der Waals surface area (Å²) in [5.74, 6) is 0.595. The molecule has 104 valence electrons. The Bertz CT molecular complexity index is 781. The van der Waals surface area contributed by atoms with Gasteiger partial charge < -0.3 is 0 Å². The van der Waals surface area contributed by atoms with Crippen LogP contribution in [0.4, 0.5) is 10.1 Å². The van der Waals surface area contributed by atoms with E-state index in [2.05, 4.69) is 15.2 Å². The molecule has 7 heteroatoms. The standard InChI is InChI=1S/C14H9FN4O2/c15-11-5-1-9(2-6-11)13-16-14(18-17-13)10-3-7-12(8-4-10)19(20)21/h1-8H,(H,16,17,18). The Morgan fingerprint density at radius 3 is 2.24 bits per heavy atom. The first-order valence-electron chi connectivity index (χ1n) is 6.06. The van der Waals surface area contributed by atoms with Crippen molar-refractivity contribution in [2.75, 3.05) is 0 Å². The maximum atomic E-state index is 12.9. The minimum atomic E-state index is -0.464. The van der Waals surface area contributed by atoms with Gasteiger partial charge in [0, 0.05) is 23.3 Å². The summed E-state index contributed by atoms with van der Waals surface area (Å²) < 4.78 is 12.9. The van der Waals surface area contributed by atoms with Gasteiger partial charge in [-0.15, -0.1) is 0 Å². The largest absolute Gasteiger partial charge is 0.269 e. The molecule has 0 radical (unpaired) electrons. The molecule has 0 aliphatic heterocycles. The van der Waals surface area contributed by atoms with Crippen LogP contribution < -0.4 is 0 Å². The molecule has 0 saturated heterocycles. The first-order chi connectivity index (χ1) is 10.1. The summed E-state index contributed by atoms with van der Waals surface area (Å²) in [6, 6.07) is 11.8. The second-order valence-corrected chi connectivity index (χ2v) is 4.32. The van der Waals surface area contributed by atoms with Crippen LogP contribution in [0.3, 0.4) is 0 Å². The molecule has 0 aliphatic rings. The minimum Gasteiger partial charge on any atom is -0.259 e. The monoisotopic (exact) mass is 284 g/mol. The van der Waals surface area contributed by atoms with Crippen LogP contribution in [-0.4, -0.2) is 20.1 Å². The summed E-state index contributed by atoms with van der Waals surface area (Å²) >= 11 is 0. The van der Waals surface area contributed by atoms with Crippen molar-refractivity contribution >= 4 is 5.69 Å². The van der Waals surface area contributed by atoms with Crippen LogP contribution >= 0.6 is 0 Å². The van der Waals surface area contributed by atoms with Gasteiger partial charge in [0.25, 0.3) is 5.69 Å². The molecule has 21 heavy (non-hydrogen) atoms. The Hall–Kier alpha value is -3.09. The molecule has 1 N–H and O–H groups in total. The fourth-order valence-electron chi connectivity index (χ4n) is 1.86. The number of halogens is 1. The molecule has 0 aliphatic carbocycles. The van der Waals surface area contributed by atoms with E-state index in [0.29, 0.717) is 22.8 Å². The molecule has 0 saturated carbocycles. The van der Waals surface area contributed by atoms with Gasteiger partial charge in [0.2, 0.25) is 0 Å². The van der Waals surface area contributed by atoms with Crippen LogP contribution in [-0.2, 0) is 0 Å². The van der Waals surface area contributed by atoms with Crippen molar-refractivity contribution < 1.29 is 9.31 Å². The van der Waals surface area contributed by atoms with Gasteiger partial charge in [-0.05, 0) is 36.4 Å². The third-order valence-electron chi connectivity index (χ3n) is 2.94. The highest BCUT2D eigenvalue weighted by Crippen LogP contribution is 2.22. The number of nitrogens with zero attached hydrogens (tertiary/aromatic N) is 3. The lowest BCUT2D eigenvalue weighted by molar-refractivity contribution is -0.384. The maximum absolute atomic E-state index is 12.9. The van der Waals surface area contributed by atoms with Crippen molar-refractivity contribution in [3.63, 3.8) is 0 Å². The van der Waals surface area contributed by atoms with E-state index in [0.717, 1.165) is 0 Å². The molecule has 0 spiro atoms. The lowest BCUT2D eigenvalue weighted by Crippen LogP contribution is -1.87. The zero-order valence-electron chi connectivity index (χ0n) is 10.7. The Morgan fingerprint density at radius 1 is 1.00 bits per heavy atom. The molecule has 1 aromatic heterocycles. The summed E-state index contributed by atoms with van der Waals surface area (Å²) in [5, 5.41) is 17.4. The van der Waals surface area contributed by atoms with Crippen molar-refractivity contribution in [2.24, 2.45) is 0 Å². The molecule has 3 aromatic rings. The van der Waals surface area contributed by atoms with E-state index in [1.54, 1.807) is 24.3 Å². The quantitative estimate of drug-likeness (QED) is 0.591. The van der Waals surface area contributed by atoms with Crippen LogP contribution in [0.2, 0.25) is 0 Å². The van der Waals surface area contributed by atoms with Crippen LogP contribution in [0.5, 0.6) is 0 Å². The number of hydrogen-bond donors (Lipinski definition) is 1. The molecule has 2 aromatic carbocycles. The van der Waals surface area contributed by atoms with Crippen molar-refractivity contribution in [2.45, 2.75) is 0 Å². The topological polar surface area (TPSA) is 84.7 Å². The number of benzene rings is 2. The van der Waals surface area contributed by atoms with Crippen molar-refractivity contribution in [1.29, 1.82) is 0 Å². The van der Waals surface area contributed by atoms with Crippen LogP contribution in [0.25, 0.3) is 22.8 Å². The predicted octanol–water partition coefficient (Wildman–Crippen LogP) is 3.19. The van der Waals surface area contributed by atoms with Crippen molar-refractivity contribution in [3.8, 4) is 22.8 Å². The number of rotatable bonds is 3. The van der Waals surface area contributed by atoms with E-state index in [4.69, 9.17) is 0 Å². The van der Waals surface area contributed by atoms with E-state index < -0.39 is 4.92 Å². The second kappa shape index (κ2) is 5.12. The Kier molecular flexibility index (Phi) is 3.15. The van der Waals surface area contributed by atoms with Crippen molar-refractivity contribution in [1.82, 2.24) is 15.2 Å². The molecule has 0 amide bonds. The Labute approximate surface area is 118 Å². The molecule has 1 heterocycles. The lowest BCUT2D eigenvalue weighted by Gasteiger charge is -1.96. The highest BCUT2D eigenvalue weighted by atomic mass is 19.1. The van der Waals surface area contributed by atoms with Crippen LogP contribution in [0, 0.1) is 15.9 Å². The summed E-state index contributed by atoms with van der Waals surface area (Å²) in [4.78, 5) is 14.4. The number of nitro groups is 1. The van der Waals surface area contributed by atoms with Gasteiger partial charge in [-0.25, -0.2) is 9.37 Å². The fourth-order valence-corrected chi connectivity index (χ4v) is 1.86. The minimum absolute atomic E-state index is 0.0111. The average Bonchev–Trinajstić information content (AvgIpc) is 2.98. The smallest absolute Gasteiger partial charge is 0.259 e. The Balaban J connectivity index is 1.90. The number of nitrogens with one attached hydrogen (secondary N) is 1. The molecule has 3 rings (SSSR count). The zero-order chi connectivity index (χ0) is 14.8. The lowest BCUT2D eigenvalue weighted by atomic mass is 10.2. The number of nitro benzene ring substituents is 1. The van der Waals surface area contributed by atoms with Crippen molar-refractivity contribution in [3.05, 3.63) is 64.5 Å². The third kappa shape index (κ3) is 2.62. The highest BCUT2D eigenvalue weighted by Gasteiger charge is 2.10. The molecule has 0 unspecified atom stereocenters. The molecule has 0 atom stereocenters. The molecule has 0 fully saturated rings. The predicted molar refractivity (Wildman–Crippen MR) is 73.9 cm³/mol. The summed E-state index contributed by atoms with van der Waals surface area (Å²) in [6.45, 7) is 0. The average molecular weight is 284 g/mol. The summed E-state index contributed by atoms with van der Waals surface area (Å²) in [5.41, 5.74) is 1.37. The molecule has 6 nitrogen and oxygen atoms in total. The van der Waals surface area contributed by atoms with E-state index >= 15 is 0 Å². The number of non-ortho nitro benzene ring substituents is 1. The van der Waals surface area contributed by atoms with E-state index in [1.165, 1.54) is 24.3 Å². The molecular weight excluding hydrogens is 275 g/mol. The fraction of sp³-hybridized carbons (Fsp3) is 0. The van der Waals surface area contributed by atoms with E-state index in [1.807, 2.05) is 0 Å². The third-order valence-corrected chi connectivity index (χ3v) is 2.94. The highest BCUT2D eigenvalue weighted by molar-refractivity contribution is 5.62. The van der Waals surface area contributed by atoms with Gasteiger partial charge >= 0.3 is 0 Å². The van der Waals surface area contributed by atoms with Crippen LogP contribution in [0.15, 0.2) is 48.5 Å². The van der Waals surface area contributed by atoms with Gasteiger partial charge in [-0.1, -0.05) is 0 Å². The number of aromatic nitrogens is 3. The first-order valence-corrected chi connectivity index (χ1v) is 6.06. The zero-order valence-corrected chi connectivity index (χ0v) is 10.7. The van der Waals surface area contributed by atoms with Gasteiger partial charge in [0.05, 0.1) is 4.92 Å². The van der Waals surface area contributed by atoms with Crippen LogP contribution in [0.1, 0.15) is 0 Å². The maximum Gasteiger partial charge on any atom is 0.269 e. The van der Waals surface area contributed by atoms with Gasteiger partial charge in [-0.3, -0.25) is 15.2 Å². The SMILES string of the molecule is O=[N+]([O-])c1ccc(-c2nc(-c3ccc(F)cc3)n[nH]2)cc1. The number of H-pyrrole nitrogens is 1. The number of hydrogen-bond acceptors (Lipinski definition) is 4. The summed E-state index contributed by atoms with van der Waals surface area (Å²) in [6.07, 6.45) is 0. The molecular formula is C14H9FN4O2. The second-order valence-electron chi connectivity index (χ2n) is 4.32. The number of aromatic amines is 1. The van der Waals surface area contributed by atoms with E-state index in [-0.39, 0.29) is 11.5 Å². The van der Waals surface area contributed by atoms with Gasteiger partial charge in [-0.2, -0.15) is 5.10 Å². The normalized spacial score (nSPS) is 10.5. The first kappa shape index (κ1) is 12.9. The van der Waals surface area contributed by atoms with E-state index in [9.17, 15) is 14.5 Å². The van der Waals surface area contributed by atoms with Gasteiger partial charge in [0.15, 0.2) is 11.6 Å². The molecule has 0 bridgehead atoms. The summed E-state index contributed by atoms with van der Waals surface area (Å²) in [7, 11) is 0. The van der Waals surface area contributed by atoms with Gasteiger partial charge in [0.1, 0.15) is 5.82 Å². The Morgan fingerprint density at radius 2 is 1.62 bits per heavy atom.